The van der Waals surface area contributed by atoms with Crippen molar-refractivity contribution in [2.24, 2.45) is 0 Å². The number of aryl methyl sites for hydroxylation is 1. The zero-order valence-corrected chi connectivity index (χ0v) is 11.2. The predicted molar refractivity (Wildman–Crippen MR) is 72.9 cm³/mol. The molecule has 0 bridgehead atoms. The molecule has 1 aromatic heterocycles. The van der Waals surface area contributed by atoms with Crippen LogP contribution in [0.4, 0.5) is 0 Å². The minimum absolute atomic E-state index is 0.0131. The Hall–Kier alpha value is -1.68. The second-order valence-corrected chi connectivity index (χ2v) is 6.13. The minimum atomic E-state index is -0.0131. The van der Waals surface area contributed by atoms with E-state index in [9.17, 15) is 4.79 Å². The van der Waals surface area contributed by atoms with Crippen LogP contribution < -0.4 is 4.74 Å². The van der Waals surface area contributed by atoms with Gasteiger partial charge in [-0.2, -0.15) is 0 Å². The van der Waals surface area contributed by atoms with Gasteiger partial charge in [0.1, 0.15) is 16.5 Å². The molecule has 2 heterocycles. The number of hydrogen-bond acceptors (Lipinski definition) is 4. The first-order valence-corrected chi connectivity index (χ1v) is 7.40. The molecular formula is C15H13NO2S. The van der Waals surface area contributed by atoms with Crippen molar-refractivity contribution in [2.75, 3.05) is 0 Å². The number of carbonyl (C=O) groups excluding carboxylic acids is 1. The molecule has 1 atom stereocenters. The minimum Gasteiger partial charge on any atom is -0.483 e. The van der Waals surface area contributed by atoms with Crippen molar-refractivity contribution >= 4 is 17.1 Å². The van der Waals surface area contributed by atoms with Crippen LogP contribution in [0.5, 0.6) is 5.75 Å². The number of rotatable bonds is 1. The summed E-state index contributed by atoms with van der Waals surface area (Å²) >= 11 is 1.65. The highest BCUT2D eigenvalue weighted by molar-refractivity contribution is 7.12. The average Bonchev–Trinajstić information content (AvgIpc) is 3.02. The fourth-order valence-corrected chi connectivity index (χ4v) is 3.90. The summed E-state index contributed by atoms with van der Waals surface area (Å²) in [6.07, 6.45) is 3.43. The maximum Gasteiger partial charge on any atom is 0.182 e. The second kappa shape index (κ2) is 4.17. The SMILES string of the molecule is O=C1CCCc2sc(C3Cc4ccccc4O3)nc21. The van der Waals surface area contributed by atoms with E-state index in [0.717, 1.165) is 34.9 Å². The summed E-state index contributed by atoms with van der Waals surface area (Å²) in [7, 11) is 0. The van der Waals surface area contributed by atoms with E-state index in [0.29, 0.717) is 12.1 Å². The van der Waals surface area contributed by atoms with Crippen LogP contribution in [0.15, 0.2) is 24.3 Å². The molecule has 0 amide bonds. The summed E-state index contributed by atoms with van der Waals surface area (Å²) in [5, 5.41) is 0.955. The lowest BCUT2D eigenvalue weighted by molar-refractivity contribution is 0.0968. The van der Waals surface area contributed by atoms with Gasteiger partial charge in [-0.05, 0) is 24.5 Å². The van der Waals surface area contributed by atoms with Crippen molar-refractivity contribution < 1.29 is 9.53 Å². The summed E-state index contributed by atoms with van der Waals surface area (Å²) in [6, 6.07) is 8.10. The van der Waals surface area contributed by atoms with Gasteiger partial charge in [0.05, 0.1) is 0 Å². The van der Waals surface area contributed by atoms with Crippen molar-refractivity contribution in [2.45, 2.75) is 31.8 Å². The molecule has 0 N–H and O–H groups in total. The highest BCUT2D eigenvalue weighted by Crippen LogP contribution is 2.39. The molecule has 0 fully saturated rings. The van der Waals surface area contributed by atoms with Crippen molar-refractivity contribution in [3.8, 4) is 5.75 Å². The Bertz CT molecular complexity index is 637. The number of fused-ring (bicyclic) bond motifs is 2. The van der Waals surface area contributed by atoms with E-state index in [2.05, 4.69) is 11.1 Å². The zero-order chi connectivity index (χ0) is 12.8. The number of carbonyl (C=O) groups is 1. The van der Waals surface area contributed by atoms with Gasteiger partial charge in [0.2, 0.25) is 0 Å². The number of ether oxygens (including phenoxy) is 1. The van der Waals surface area contributed by atoms with E-state index in [1.807, 2.05) is 18.2 Å². The van der Waals surface area contributed by atoms with E-state index < -0.39 is 0 Å². The number of thiazole rings is 1. The number of benzene rings is 1. The quantitative estimate of drug-likeness (QED) is 0.798. The number of hydrogen-bond donors (Lipinski definition) is 0. The molecule has 0 saturated carbocycles. The van der Waals surface area contributed by atoms with Crippen LogP contribution in [0, 0.1) is 0 Å². The Balaban J connectivity index is 1.67. The third-order valence-corrected chi connectivity index (χ3v) is 4.92. The molecular weight excluding hydrogens is 258 g/mol. The summed E-state index contributed by atoms with van der Waals surface area (Å²) < 4.78 is 5.94. The molecule has 1 aliphatic heterocycles. The van der Waals surface area contributed by atoms with Gasteiger partial charge in [-0.25, -0.2) is 4.98 Å². The van der Waals surface area contributed by atoms with Gasteiger partial charge >= 0.3 is 0 Å². The maximum atomic E-state index is 11.8. The number of aromatic nitrogens is 1. The van der Waals surface area contributed by atoms with Crippen molar-refractivity contribution in [3.63, 3.8) is 0 Å². The molecule has 4 rings (SSSR count). The molecule has 96 valence electrons. The van der Waals surface area contributed by atoms with Crippen LogP contribution in [-0.4, -0.2) is 10.8 Å². The Kier molecular flexibility index (Phi) is 2.45. The van der Waals surface area contributed by atoms with Gasteiger partial charge in [0, 0.05) is 17.7 Å². The molecule has 1 unspecified atom stereocenters. The largest absolute Gasteiger partial charge is 0.483 e. The first kappa shape index (κ1) is 11.2. The Morgan fingerprint density at radius 1 is 1.26 bits per heavy atom. The Labute approximate surface area is 115 Å². The predicted octanol–water partition coefficient (Wildman–Crippen LogP) is 3.34. The molecule has 0 saturated heterocycles. The van der Waals surface area contributed by atoms with Crippen LogP contribution in [0.25, 0.3) is 0 Å². The first-order chi connectivity index (χ1) is 9.31. The highest BCUT2D eigenvalue weighted by atomic mass is 32.1. The van der Waals surface area contributed by atoms with Gasteiger partial charge < -0.3 is 4.74 Å². The second-order valence-electron chi connectivity index (χ2n) is 5.02. The third-order valence-electron chi connectivity index (χ3n) is 3.71. The zero-order valence-electron chi connectivity index (χ0n) is 10.4. The summed E-state index contributed by atoms with van der Waals surface area (Å²) in [5.74, 6) is 1.14. The summed E-state index contributed by atoms with van der Waals surface area (Å²) in [5.41, 5.74) is 1.93. The molecule has 3 nitrogen and oxygen atoms in total. The molecule has 1 aromatic carbocycles. The lowest BCUT2D eigenvalue weighted by atomic mass is 10.0. The summed E-state index contributed by atoms with van der Waals surface area (Å²) in [6.45, 7) is 0. The van der Waals surface area contributed by atoms with Crippen LogP contribution in [0.2, 0.25) is 0 Å². The van der Waals surface area contributed by atoms with E-state index in [1.165, 1.54) is 5.56 Å². The smallest absolute Gasteiger partial charge is 0.182 e. The fourth-order valence-electron chi connectivity index (χ4n) is 2.74. The number of nitrogens with zero attached hydrogens (tertiary/aromatic N) is 1. The standard InChI is InChI=1S/C15H13NO2S/c17-10-5-3-7-13-14(10)16-15(19-13)12-8-9-4-1-2-6-11(9)18-12/h1-2,4,6,12H,3,5,7-8H2. The van der Waals surface area contributed by atoms with E-state index in [-0.39, 0.29) is 11.9 Å². The van der Waals surface area contributed by atoms with Gasteiger partial charge in [-0.15, -0.1) is 11.3 Å². The van der Waals surface area contributed by atoms with Gasteiger partial charge in [0.15, 0.2) is 11.9 Å². The Morgan fingerprint density at radius 3 is 3.00 bits per heavy atom. The lowest BCUT2D eigenvalue weighted by Gasteiger charge is -2.06. The molecule has 0 radical (unpaired) electrons. The lowest BCUT2D eigenvalue weighted by Crippen LogP contribution is -2.09. The monoisotopic (exact) mass is 271 g/mol. The van der Waals surface area contributed by atoms with Crippen LogP contribution in [-0.2, 0) is 12.8 Å². The van der Waals surface area contributed by atoms with Crippen molar-refractivity contribution in [3.05, 3.63) is 45.4 Å². The van der Waals surface area contributed by atoms with Gasteiger partial charge in [-0.1, -0.05) is 18.2 Å². The van der Waals surface area contributed by atoms with Crippen LogP contribution in [0.3, 0.4) is 0 Å². The number of para-hydroxylation sites is 1. The van der Waals surface area contributed by atoms with E-state index in [1.54, 1.807) is 11.3 Å². The van der Waals surface area contributed by atoms with Crippen molar-refractivity contribution in [1.29, 1.82) is 0 Å². The normalized spacial score (nSPS) is 20.8. The highest BCUT2D eigenvalue weighted by Gasteiger charge is 2.30. The fraction of sp³-hybridized carbons (Fsp3) is 0.333. The third kappa shape index (κ3) is 1.78. The Morgan fingerprint density at radius 2 is 2.16 bits per heavy atom. The molecule has 0 spiro atoms. The summed E-state index contributed by atoms with van der Waals surface area (Å²) in [4.78, 5) is 17.5. The van der Waals surface area contributed by atoms with Crippen LogP contribution in [0.1, 0.15) is 44.9 Å². The van der Waals surface area contributed by atoms with E-state index in [4.69, 9.17) is 4.74 Å². The number of ketones is 1. The van der Waals surface area contributed by atoms with E-state index >= 15 is 0 Å². The van der Waals surface area contributed by atoms with Gasteiger partial charge in [0.25, 0.3) is 0 Å². The molecule has 4 heteroatoms. The maximum absolute atomic E-state index is 11.8. The molecule has 2 aliphatic rings. The molecule has 2 aromatic rings. The molecule has 19 heavy (non-hydrogen) atoms. The topological polar surface area (TPSA) is 39.2 Å². The van der Waals surface area contributed by atoms with Crippen LogP contribution >= 0.6 is 11.3 Å². The van der Waals surface area contributed by atoms with Gasteiger partial charge in [-0.3, -0.25) is 4.79 Å². The molecule has 1 aliphatic carbocycles. The van der Waals surface area contributed by atoms with Crippen molar-refractivity contribution in [1.82, 2.24) is 4.98 Å². The number of Topliss-reactive ketones (excluding diaryl/α,β-unsaturated/α-hetero) is 1. The first-order valence-electron chi connectivity index (χ1n) is 6.58. The average molecular weight is 271 g/mol.